The molecule has 1 unspecified atom stereocenters. The third kappa shape index (κ3) is 3.46. The van der Waals surface area contributed by atoms with Crippen molar-refractivity contribution < 1.29 is 0 Å². The highest BCUT2D eigenvalue weighted by molar-refractivity contribution is 6.42. The first-order chi connectivity index (χ1) is 8.99. The van der Waals surface area contributed by atoms with Crippen molar-refractivity contribution in [2.45, 2.75) is 13.0 Å². The van der Waals surface area contributed by atoms with Gasteiger partial charge in [-0.1, -0.05) is 64.6 Å². The first-order valence-corrected chi connectivity index (χ1v) is 7.02. The van der Waals surface area contributed by atoms with Crippen molar-refractivity contribution in [1.82, 2.24) is 4.98 Å². The average Bonchev–Trinajstić information content (AvgIpc) is 2.36. The summed E-state index contributed by atoms with van der Waals surface area (Å²) in [5.41, 5.74) is 0.952. The smallest absolute Gasteiger partial charge is 0.150 e. The summed E-state index contributed by atoms with van der Waals surface area (Å²) >= 11 is 23.9. The van der Waals surface area contributed by atoms with Crippen LogP contribution < -0.4 is 5.32 Å². The van der Waals surface area contributed by atoms with E-state index in [9.17, 15) is 0 Å². The molecule has 2 nitrogen and oxygen atoms in total. The van der Waals surface area contributed by atoms with Crippen LogP contribution in [0.2, 0.25) is 20.2 Å². The van der Waals surface area contributed by atoms with E-state index in [0.717, 1.165) is 5.56 Å². The SMILES string of the molecule is CC(Nc1nc(Cl)c(Cl)cc1Cl)c1ccccc1Cl. The van der Waals surface area contributed by atoms with E-state index in [4.69, 9.17) is 46.4 Å². The Labute approximate surface area is 131 Å². The van der Waals surface area contributed by atoms with E-state index >= 15 is 0 Å². The van der Waals surface area contributed by atoms with Crippen LogP contribution in [0.3, 0.4) is 0 Å². The highest BCUT2D eigenvalue weighted by Crippen LogP contribution is 2.32. The maximum atomic E-state index is 6.14. The number of nitrogens with zero attached hydrogens (tertiary/aromatic N) is 1. The summed E-state index contributed by atoms with van der Waals surface area (Å²) < 4.78 is 0. The number of hydrogen-bond donors (Lipinski definition) is 1. The summed E-state index contributed by atoms with van der Waals surface area (Å²) in [4.78, 5) is 4.11. The molecule has 100 valence electrons. The van der Waals surface area contributed by atoms with E-state index in [1.807, 2.05) is 31.2 Å². The van der Waals surface area contributed by atoms with Crippen LogP contribution in [0.5, 0.6) is 0 Å². The second-order valence-corrected chi connectivity index (χ2v) is 5.56. The molecule has 19 heavy (non-hydrogen) atoms. The Kier molecular flexibility index (Phi) is 4.80. The van der Waals surface area contributed by atoms with Gasteiger partial charge in [-0.2, -0.15) is 0 Å². The summed E-state index contributed by atoms with van der Waals surface area (Å²) in [5, 5.41) is 4.78. The molecule has 2 rings (SSSR count). The number of nitrogens with one attached hydrogen (secondary N) is 1. The Hall–Kier alpha value is -0.670. The van der Waals surface area contributed by atoms with Crippen LogP contribution in [-0.4, -0.2) is 4.98 Å². The molecule has 0 radical (unpaired) electrons. The molecule has 0 aliphatic heterocycles. The van der Waals surface area contributed by atoms with Crippen molar-refractivity contribution in [2.24, 2.45) is 0 Å². The minimum atomic E-state index is -0.0593. The zero-order valence-electron chi connectivity index (χ0n) is 9.92. The van der Waals surface area contributed by atoms with Crippen LogP contribution in [0.1, 0.15) is 18.5 Å². The fourth-order valence-electron chi connectivity index (χ4n) is 1.65. The summed E-state index contributed by atoms with van der Waals surface area (Å²) in [6, 6.07) is 9.06. The number of anilines is 1. The number of aromatic nitrogens is 1. The van der Waals surface area contributed by atoms with Gasteiger partial charge >= 0.3 is 0 Å². The molecular formula is C13H10Cl4N2. The molecule has 6 heteroatoms. The molecule has 0 aliphatic rings. The molecule has 0 bridgehead atoms. The van der Waals surface area contributed by atoms with Gasteiger partial charge in [0.2, 0.25) is 0 Å². The number of rotatable bonds is 3. The van der Waals surface area contributed by atoms with Gasteiger partial charge in [0.15, 0.2) is 0 Å². The molecule has 0 aliphatic carbocycles. The first kappa shape index (κ1) is 14.7. The van der Waals surface area contributed by atoms with Gasteiger partial charge in [0.1, 0.15) is 11.0 Å². The quantitative estimate of drug-likeness (QED) is 0.709. The van der Waals surface area contributed by atoms with E-state index in [1.165, 1.54) is 0 Å². The van der Waals surface area contributed by atoms with E-state index in [0.29, 0.717) is 20.9 Å². The topological polar surface area (TPSA) is 24.9 Å². The number of halogens is 4. The first-order valence-electron chi connectivity index (χ1n) is 5.51. The largest absolute Gasteiger partial charge is 0.362 e. The van der Waals surface area contributed by atoms with Gasteiger partial charge in [-0.3, -0.25) is 0 Å². The molecule has 1 atom stereocenters. The van der Waals surface area contributed by atoms with Crippen LogP contribution in [0.4, 0.5) is 5.82 Å². The monoisotopic (exact) mass is 334 g/mol. The highest BCUT2D eigenvalue weighted by Gasteiger charge is 2.13. The summed E-state index contributed by atoms with van der Waals surface area (Å²) in [6.45, 7) is 1.96. The fraction of sp³-hybridized carbons (Fsp3) is 0.154. The molecule has 0 spiro atoms. The molecule has 1 aromatic heterocycles. The molecule has 0 amide bonds. The molecule has 0 fully saturated rings. The van der Waals surface area contributed by atoms with Crippen molar-refractivity contribution in [2.75, 3.05) is 5.32 Å². The molecule has 1 N–H and O–H groups in total. The maximum absolute atomic E-state index is 6.14. The lowest BCUT2D eigenvalue weighted by molar-refractivity contribution is 0.875. The number of hydrogen-bond acceptors (Lipinski definition) is 2. The maximum Gasteiger partial charge on any atom is 0.150 e. The van der Waals surface area contributed by atoms with Crippen LogP contribution in [0.15, 0.2) is 30.3 Å². The Morgan fingerprint density at radius 3 is 2.37 bits per heavy atom. The van der Waals surface area contributed by atoms with Crippen LogP contribution >= 0.6 is 46.4 Å². The van der Waals surface area contributed by atoms with Crippen molar-refractivity contribution in [3.8, 4) is 0 Å². The predicted octanol–water partition coefficient (Wildman–Crippen LogP) is 5.87. The normalized spacial score (nSPS) is 12.3. The van der Waals surface area contributed by atoms with Gasteiger partial charge in [-0.05, 0) is 24.6 Å². The van der Waals surface area contributed by atoms with E-state index < -0.39 is 0 Å². The fourth-order valence-corrected chi connectivity index (χ4v) is 2.51. The number of benzene rings is 1. The summed E-state index contributed by atoms with van der Waals surface area (Å²) in [7, 11) is 0. The van der Waals surface area contributed by atoms with E-state index in [1.54, 1.807) is 6.07 Å². The second kappa shape index (κ2) is 6.19. The standard InChI is InChI=1S/C13H10Cl4N2/c1-7(8-4-2-3-5-9(8)14)18-13-11(16)6-10(15)12(17)19-13/h2-7H,1H3,(H,18,19). The van der Waals surface area contributed by atoms with Crippen molar-refractivity contribution in [3.05, 3.63) is 56.1 Å². The van der Waals surface area contributed by atoms with Crippen LogP contribution in [0, 0.1) is 0 Å². The molecular weight excluding hydrogens is 326 g/mol. The Balaban J connectivity index is 2.27. The van der Waals surface area contributed by atoms with Crippen molar-refractivity contribution in [1.29, 1.82) is 0 Å². The highest BCUT2D eigenvalue weighted by atomic mass is 35.5. The Morgan fingerprint density at radius 2 is 1.68 bits per heavy atom. The second-order valence-electron chi connectivity index (χ2n) is 3.98. The molecule has 0 saturated carbocycles. The lowest BCUT2D eigenvalue weighted by Crippen LogP contribution is -2.09. The van der Waals surface area contributed by atoms with Crippen molar-refractivity contribution in [3.63, 3.8) is 0 Å². The average molecular weight is 336 g/mol. The zero-order chi connectivity index (χ0) is 14.0. The summed E-state index contributed by atoms with van der Waals surface area (Å²) in [6.07, 6.45) is 0. The van der Waals surface area contributed by atoms with Crippen molar-refractivity contribution >= 4 is 52.2 Å². The third-order valence-electron chi connectivity index (χ3n) is 2.61. The molecule has 2 aromatic rings. The Bertz CT molecular complexity index is 601. The van der Waals surface area contributed by atoms with E-state index in [-0.39, 0.29) is 11.2 Å². The van der Waals surface area contributed by atoms with E-state index in [2.05, 4.69) is 10.3 Å². The van der Waals surface area contributed by atoms with Gasteiger partial charge in [-0.25, -0.2) is 4.98 Å². The Morgan fingerprint density at radius 1 is 1.00 bits per heavy atom. The lowest BCUT2D eigenvalue weighted by Gasteiger charge is -2.17. The van der Waals surface area contributed by atoms with Gasteiger partial charge in [0.25, 0.3) is 0 Å². The molecule has 1 heterocycles. The minimum absolute atomic E-state index is 0.0593. The zero-order valence-corrected chi connectivity index (χ0v) is 12.9. The molecule has 1 aromatic carbocycles. The lowest BCUT2D eigenvalue weighted by atomic mass is 10.1. The van der Waals surface area contributed by atoms with Gasteiger partial charge in [-0.15, -0.1) is 0 Å². The molecule has 0 saturated heterocycles. The van der Waals surface area contributed by atoms with Gasteiger partial charge < -0.3 is 5.32 Å². The summed E-state index contributed by atoms with van der Waals surface area (Å²) in [5.74, 6) is 0.475. The van der Waals surface area contributed by atoms with Gasteiger partial charge in [0, 0.05) is 5.02 Å². The van der Waals surface area contributed by atoms with Gasteiger partial charge in [0.05, 0.1) is 16.1 Å². The third-order valence-corrected chi connectivity index (χ3v) is 3.92. The minimum Gasteiger partial charge on any atom is -0.362 e. The van der Waals surface area contributed by atoms with Crippen LogP contribution in [0.25, 0.3) is 0 Å². The number of pyridine rings is 1. The predicted molar refractivity (Wildman–Crippen MR) is 82.8 cm³/mol. The van der Waals surface area contributed by atoms with Crippen LogP contribution in [-0.2, 0) is 0 Å².